The minimum Gasteiger partial charge on any atom is -0.352 e. The van der Waals surface area contributed by atoms with Crippen molar-refractivity contribution in [2.45, 2.75) is 38.0 Å². The molecule has 9 heteroatoms. The van der Waals surface area contributed by atoms with Crippen LogP contribution in [-0.4, -0.2) is 46.5 Å². The third kappa shape index (κ3) is 4.13. The van der Waals surface area contributed by atoms with Gasteiger partial charge < -0.3 is 10.2 Å². The van der Waals surface area contributed by atoms with Crippen LogP contribution in [0.5, 0.6) is 0 Å². The molecule has 1 N–H and O–H groups in total. The second kappa shape index (κ2) is 6.74. The SMILES string of the molecule is CC(=O)NC1CCC(C(F)(F)F)N(C(=O)c2ccncc2Cl)C1. The number of carbonyl (C=O) groups is 2. The number of rotatable bonds is 2. The molecule has 1 saturated heterocycles. The number of nitrogens with one attached hydrogen (secondary N) is 1. The van der Waals surface area contributed by atoms with Gasteiger partial charge in [-0.2, -0.15) is 13.2 Å². The molecule has 0 bridgehead atoms. The van der Waals surface area contributed by atoms with Crippen LogP contribution in [0.25, 0.3) is 0 Å². The fourth-order valence-corrected chi connectivity index (χ4v) is 2.84. The first kappa shape index (κ1) is 17.5. The molecule has 1 fully saturated rings. The summed E-state index contributed by atoms with van der Waals surface area (Å²) in [5, 5.41) is 2.55. The largest absolute Gasteiger partial charge is 0.408 e. The van der Waals surface area contributed by atoms with Crippen molar-refractivity contribution in [3.63, 3.8) is 0 Å². The van der Waals surface area contributed by atoms with Gasteiger partial charge in [0, 0.05) is 31.9 Å². The highest BCUT2D eigenvalue weighted by Crippen LogP contribution is 2.33. The summed E-state index contributed by atoms with van der Waals surface area (Å²) in [5.41, 5.74) is -0.0422. The molecular formula is C14H15ClF3N3O2. The molecule has 126 valence electrons. The molecule has 2 heterocycles. The highest BCUT2D eigenvalue weighted by molar-refractivity contribution is 6.33. The minimum atomic E-state index is -4.55. The molecule has 2 amide bonds. The number of amides is 2. The molecule has 2 atom stereocenters. The lowest BCUT2D eigenvalue weighted by atomic mass is 9.96. The van der Waals surface area contributed by atoms with E-state index in [1.807, 2.05) is 0 Å². The van der Waals surface area contributed by atoms with Crippen LogP contribution in [0.15, 0.2) is 18.5 Å². The van der Waals surface area contributed by atoms with Gasteiger partial charge in [-0.05, 0) is 18.9 Å². The second-order valence-corrected chi connectivity index (χ2v) is 5.75. The van der Waals surface area contributed by atoms with Crippen LogP contribution in [0.3, 0.4) is 0 Å². The van der Waals surface area contributed by atoms with Crippen molar-refractivity contribution in [1.82, 2.24) is 15.2 Å². The molecule has 2 unspecified atom stereocenters. The Balaban J connectivity index is 2.29. The Morgan fingerprint density at radius 3 is 2.65 bits per heavy atom. The van der Waals surface area contributed by atoms with Gasteiger partial charge in [0.05, 0.1) is 10.6 Å². The molecule has 0 aliphatic carbocycles. The second-order valence-electron chi connectivity index (χ2n) is 5.35. The standard InChI is InChI=1S/C14H15ClF3N3O2/c1-8(22)20-9-2-3-12(14(16,17)18)21(7-9)13(23)10-4-5-19-6-11(10)15/h4-6,9,12H,2-3,7H2,1H3,(H,20,22). The van der Waals surface area contributed by atoms with E-state index in [0.29, 0.717) is 0 Å². The third-order valence-corrected chi connectivity index (χ3v) is 3.93. The number of aromatic nitrogens is 1. The predicted molar refractivity (Wildman–Crippen MR) is 77.0 cm³/mol. The Morgan fingerprint density at radius 1 is 1.39 bits per heavy atom. The third-order valence-electron chi connectivity index (χ3n) is 3.63. The van der Waals surface area contributed by atoms with E-state index in [1.165, 1.54) is 25.4 Å². The Kier molecular flexibility index (Phi) is 5.13. The number of alkyl halides is 3. The van der Waals surface area contributed by atoms with Gasteiger partial charge in [0.25, 0.3) is 5.91 Å². The number of halogens is 4. The van der Waals surface area contributed by atoms with Gasteiger partial charge >= 0.3 is 6.18 Å². The van der Waals surface area contributed by atoms with Crippen LogP contribution in [0, 0.1) is 0 Å². The Bertz CT molecular complexity index is 609. The predicted octanol–water partition coefficient (Wildman–Crippen LogP) is 2.41. The summed E-state index contributed by atoms with van der Waals surface area (Å²) in [4.78, 5) is 28.1. The Hall–Kier alpha value is -1.83. The van der Waals surface area contributed by atoms with E-state index in [9.17, 15) is 22.8 Å². The maximum absolute atomic E-state index is 13.2. The van der Waals surface area contributed by atoms with Crippen LogP contribution in [-0.2, 0) is 4.79 Å². The van der Waals surface area contributed by atoms with E-state index in [0.717, 1.165) is 4.90 Å². The fraction of sp³-hybridized carbons (Fsp3) is 0.500. The van der Waals surface area contributed by atoms with Gasteiger partial charge in [0.2, 0.25) is 5.91 Å². The van der Waals surface area contributed by atoms with Crippen molar-refractivity contribution in [2.24, 2.45) is 0 Å². The maximum Gasteiger partial charge on any atom is 0.408 e. The van der Waals surface area contributed by atoms with Crippen molar-refractivity contribution < 1.29 is 22.8 Å². The molecule has 0 saturated carbocycles. The zero-order chi connectivity index (χ0) is 17.2. The van der Waals surface area contributed by atoms with Crippen LogP contribution in [0.2, 0.25) is 5.02 Å². The summed E-state index contributed by atoms with van der Waals surface area (Å²) < 4.78 is 39.7. The van der Waals surface area contributed by atoms with Crippen molar-refractivity contribution in [3.8, 4) is 0 Å². The zero-order valence-corrected chi connectivity index (χ0v) is 13.0. The summed E-state index contributed by atoms with van der Waals surface area (Å²) in [6, 6.07) is -1.14. The molecule has 1 aliphatic heterocycles. The number of hydrogen-bond acceptors (Lipinski definition) is 3. The number of piperidine rings is 1. The first-order valence-electron chi connectivity index (χ1n) is 6.94. The topological polar surface area (TPSA) is 62.3 Å². The van der Waals surface area contributed by atoms with Gasteiger partial charge in [-0.15, -0.1) is 0 Å². The van der Waals surface area contributed by atoms with E-state index < -0.39 is 24.2 Å². The van der Waals surface area contributed by atoms with Gasteiger partial charge in [-0.1, -0.05) is 11.6 Å². The first-order chi connectivity index (χ1) is 10.7. The van der Waals surface area contributed by atoms with Crippen LogP contribution >= 0.6 is 11.6 Å². The molecule has 2 rings (SSSR count). The van der Waals surface area contributed by atoms with Crippen LogP contribution in [0.4, 0.5) is 13.2 Å². The van der Waals surface area contributed by atoms with E-state index in [1.54, 1.807) is 0 Å². The zero-order valence-electron chi connectivity index (χ0n) is 12.2. The molecule has 0 spiro atoms. The molecule has 5 nitrogen and oxygen atoms in total. The first-order valence-corrected chi connectivity index (χ1v) is 7.32. The van der Waals surface area contributed by atoms with E-state index >= 15 is 0 Å². The van der Waals surface area contributed by atoms with Crippen molar-refractivity contribution >= 4 is 23.4 Å². The average Bonchev–Trinajstić information content (AvgIpc) is 2.45. The number of likely N-dealkylation sites (tertiary alicyclic amines) is 1. The van der Waals surface area contributed by atoms with Crippen LogP contribution in [0.1, 0.15) is 30.1 Å². The smallest absolute Gasteiger partial charge is 0.352 e. The number of nitrogens with zero attached hydrogens (tertiary/aromatic N) is 2. The summed E-state index contributed by atoms with van der Waals surface area (Å²) in [7, 11) is 0. The molecule has 1 aliphatic rings. The number of pyridine rings is 1. The van der Waals surface area contributed by atoms with Crippen molar-refractivity contribution in [3.05, 3.63) is 29.0 Å². The van der Waals surface area contributed by atoms with E-state index in [-0.39, 0.29) is 35.9 Å². The molecule has 0 aromatic carbocycles. The number of hydrogen-bond donors (Lipinski definition) is 1. The van der Waals surface area contributed by atoms with Crippen molar-refractivity contribution in [2.75, 3.05) is 6.54 Å². The van der Waals surface area contributed by atoms with Crippen LogP contribution < -0.4 is 5.32 Å². The molecule has 23 heavy (non-hydrogen) atoms. The minimum absolute atomic E-state index is 0.0138. The molecule has 1 aromatic rings. The highest BCUT2D eigenvalue weighted by Gasteiger charge is 2.48. The summed E-state index contributed by atoms with van der Waals surface area (Å²) >= 11 is 5.86. The maximum atomic E-state index is 13.2. The summed E-state index contributed by atoms with van der Waals surface area (Å²) in [6.45, 7) is 1.06. The lowest BCUT2D eigenvalue weighted by Gasteiger charge is -2.40. The normalized spacial score (nSPS) is 21.9. The van der Waals surface area contributed by atoms with Crippen molar-refractivity contribution in [1.29, 1.82) is 0 Å². The lowest BCUT2D eigenvalue weighted by Crippen LogP contribution is -2.58. The lowest BCUT2D eigenvalue weighted by molar-refractivity contribution is -0.184. The molecule has 0 radical (unpaired) electrons. The number of carbonyl (C=O) groups excluding carboxylic acids is 2. The highest BCUT2D eigenvalue weighted by atomic mass is 35.5. The van der Waals surface area contributed by atoms with Gasteiger partial charge in [-0.25, -0.2) is 0 Å². The fourth-order valence-electron chi connectivity index (χ4n) is 2.64. The van der Waals surface area contributed by atoms with Gasteiger partial charge in [-0.3, -0.25) is 14.6 Å². The van der Waals surface area contributed by atoms with Gasteiger partial charge in [0.1, 0.15) is 6.04 Å². The monoisotopic (exact) mass is 349 g/mol. The van der Waals surface area contributed by atoms with E-state index in [2.05, 4.69) is 10.3 Å². The Labute approximate surface area is 135 Å². The van der Waals surface area contributed by atoms with E-state index in [4.69, 9.17) is 11.6 Å². The quantitative estimate of drug-likeness (QED) is 0.892. The summed E-state index contributed by atoms with van der Waals surface area (Å²) in [5.74, 6) is -1.18. The average molecular weight is 350 g/mol. The van der Waals surface area contributed by atoms with Gasteiger partial charge in [0.15, 0.2) is 0 Å². The Morgan fingerprint density at radius 2 is 2.09 bits per heavy atom. The summed E-state index contributed by atoms with van der Waals surface area (Å²) in [6.07, 6.45) is -2.18. The molecular weight excluding hydrogens is 335 g/mol. The molecule has 1 aromatic heterocycles.